The van der Waals surface area contributed by atoms with E-state index >= 15 is 0 Å². The Bertz CT molecular complexity index is 1150. The summed E-state index contributed by atoms with van der Waals surface area (Å²) in [5, 5.41) is 0.970. The Morgan fingerprint density at radius 3 is 1.91 bits per heavy atom. The van der Waals surface area contributed by atoms with Crippen molar-refractivity contribution in [2.45, 2.75) is 112 Å². The molecular weight excluding hydrogens is 533 g/mol. The van der Waals surface area contributed by atoms with E-state index in [1.54, 1.807) is 12.3 Å². The Morgan fingerprint density at radius 2 is 1.32 bits per heavy atom. The van der Waals surface area contributed by atoms with Gasteiger partial charge in [0.25, 0.3) is 0 Å². The van der Waals surface area contributed by atoms with E-state index in [4.69, 9.17) is 8.83 Å². The topological polar surface area (TPSA) is 65.3 Å². The molecule has 0 spiro atoms. The minimum absolute atomic E-state index is 0.223. The van der Waals surface area contributed by atoms with Gasteiger partial charge >= 0.3 is 208 Å². The monoisotopic (exact) mass is 577 g/mol. The molecule has 3 rings (SSSR count). The van der Waals surface area contributed by atoms with Gasteiger partial charge in [-0.1, -0.05) is 0 Å². The molecular formula is C28H43NO4Sn. The Kier molecular flexibility index (Phi) is 10.3. The first kappa shape index (κ1) is 27.1. The molecule has 0 aliphatic heterocycles. The predicted octanol–water partition coefficient (Wildman–Crippen LogP) is 7.34. The van der Waals surface area contributed by atoms with Crippen molar-refractivity contribution in [1.29, 1.82) is 0 Å². The number of furan rings is 2. The van der Waals surface area contributed by atoms with Crippen molar-refractivity contribution in [1.82, 2.24) is 4.57 Å². The molecule has 0 aliphatic carbocycles. The normalized spacial score (nSPS) is 12.2. The second kappa shape index (κ2) is 13.0. The summed E-state index contributed by atoms with van der Waals surface area (Å²) in [6, 6.07) is 3.72. The molecule has 0 saturated heterocycles. The molecule has 0 aliphatic rings. The summed E-state index contributed by atoms with van der Waals surface area (Å²) >= 11 is -2.88. The van der Waals surface area contributed by atoms with E-state index in [1.807, 2.05) is 6.07 Å². The second-order valence-electron chi connectivity index (χ2n) is 9.93. The van der Waals surface area contributed by atoms with E-state index in [2.05, 4.69) is 27.7 Å². The van der Waals surface area contributed by atoms with E-state index < -0.39 is 18.4 Å². The SMILES string of the molecule is CCCCCCn1c(=O)c2ccoc2c2o[c]([Sn]([CH2]CCC)([CH2]CCC)[CH2]CCC)cc2c1=O. The fourth-order valence-corrected chi connectivity index (χ4v) is 20.5. The van der Waals surface area contributed by atoms with Gasteiger partial charge in [-0.25, -0.2) is 0 Å². The van der Waals surface area contributed by atoms with Gasteiger partial charge in [0.1, 0.15) is 0 Å². The molecule has 3 aromatic heterocycles. The minimum atomic E-state index is -2.88. The first-order valence-electron chi connectivity index (χ1n) is 13.6. The van der Waals surface area contributed by atoms with Gasteiger partial charge in [0, 0.05) is 0 Å². The first-order chi connectivity index (χ1) is 16.5. The molecule has 5 nitrogen and oxygen atoms in total. The second-order valence-corrected chi connectivity index (χ2v) is 22.9. The molecule has 0 N–H and O–H groups in total. The maximum atomic E-state index is 13.7. The van der Waals surface area contributed by atoms with Gasteiger partial charge in [-0.15, -0.1) is 0 Å². The van der Waals surface area contributed by atoms with E-state index in [-0.39, 0.29) is 11.1 Å². The molecule has 3 heterocycles. The molecule has 188 valence electrons. The van der Waals surface area contributed by atoms with Crippen LogP contribution in [-0.4, -0.2) is 22.9 Å². The van der Waals surface area contributed by atoms with E-state index in [0.29, 0.717) is 28.5 Å². The van der Waals surface area contributed by atoms with Crippen LogP contribution in [0.1, 0.15) is 91.9 Å². The van der Waals surface area contributed by atoms with Crippen molar-refractivity contribution >= 4 is 44.1 Å². The predicted molar refractivity (Wildman–Crippen MR) is 145 cm³/mol. The molecule has 0 saturated carbocycles. The van der Waals surface area contributed by atoms with Gasteiger partial charge in [-0.2, -0.15) is 0 Å². The average Bonchev–Trinajstić information content (AvgIpc) is 3.49. The van der Waals surface area contributed by atoms with Crippen molar-refractivity contribution in [3.63, 3.8) is 0 Å². The van der Waals surface area contributed by atoms with Crippen LogP contribution in [0.3, 0.4) is 0 Å². The fraction of sp³-hybridized carbons (Fsp3) is 0.643. The third kappa shape index (κ3) is 5.83. The van der Waals surface area contributed by atoms with Crippen molar-refractivity contribution in [3.05, 3.63) is 39.1 Å². The van der Waals surface area contributed by atoms with Gasteiger partial charge in [0.15, 0.2) is 0 Å². The summed E-state index contributed by atoms with van der Waals surface area (Å²) in [6.45, 7) is 9.38. The number of aromatic nitrogens is 1. The fourth-order valence-electron chi connectivity index (χ4n) is 5.21. The van der Waals surface area contributed by atoms with Crippen LogP contribution in [0.15, 0.2) is 36.8 Å². The van der Waals surface area contributed by atoms with Crippen LogP contribution in [0.5, 0.6) is 0 Å². The van der Waals surface area contributed by atoms with Crippen molar-refractivity contribution in [2.24, 2.45) is 0 Å². The average molecular weight is 576 g/mol. The number of hydrogen-bond acceptors (Lipinski definition) is 4. The maximum absolute atomic E-state index is 13.7. The van der Waals surface area contributed by atoms with Gasteiger partial charge in [0.2, 0.25) is 0 Å². The summed E-state index contributed by atoms with van der Waals surface area (Å²) in [7, 11) is 0. The van der Waals surface area contributed by atoms with Crippen molar-refractivity contribution < 1.29 is 8.83 Å². The van der Waals surface area contributed by atoms with Crippen LogP contribution < -0.4 is 14.9 Å². The third-order valence-electron chi connectivity index (χ3n) is 7.34. The Morgan fingerprint density at radius 1 is 0.735 bits per heavy atom. The summed E-state index contributed by atoms with van der Waals surface area (Å²) in [5.74, 6) is 0. The zero-order chi connectivity index (χ0) is 24.6. The molecule has 0 radical (unpaired) electrons. The van der Waals surface area contributed by atoms with Gasteiger partial charge in [-0.3, -0.25) is 0 Å². The van der Waals surface area contributed by atoms with Crippen LogP contribution in [-0.2, 0) is 6.54 Å². The number of hydrogen-bond donors (Lipinski definition) is 0. The van der Waals surface area contributed by atoms with Crippen LogP contribution in [0, 0.1) is 0 Å². The zero-order valence-electron chi connectivity index (χ0n) is 21.7. The van der Waals surface area contributed by atoms with Crippen LogP contribution in [0.25, 0.3) is 21.9 Å². The number of nitrogens with zero attached hydrogens (tertiary/aromatic N) is 1. The molecule has 0 aromatic carbocycles. The van der Waals surface area contributed by atoms with Crippen LogP contribution in [0.2, 0.25) is 13.3 Å². The summed E-state index contributed by atoms with van der Waals surface area (Å²) in [6.07, 6.45) is 12.8. The summed E-state index contributed by atoms with van der Waals surface area (Å²) in [4.78, 5) is 26.9. The zero-order valence-corrected chi connectivity index (χ0v) is 24.6. The molecule has 6 heteroatoms. The Labute approximate surface area is 207 Å². The molecule has 34 heavy (non-hydrogen) atoms. The van der Waals surface area contributed by atoms with Gasteiger partial charge in [0.05, 0.1) is 0 Å². The molecule has 0 atom stereocenters. The van der Waals surface area contributed by atoms with Crippen LogP contribution >= 0.6 is 0 Å². The molecule has 0 bridgehead atoms. The molecule has 0 unspecified atom stereocenters. The van der Waals surface area contributed by atoms with Crippen molar-refractivity contribution in [3.8, 4) is 0 Å². The van der Waals surface area contributed by atoms with Gasteiger partial charge < -0.3 is 0 Å². The van der Waals surface area contributed by atoms with E-state index in [1.165, 1.54) is 56.4 Å². The standard InChI is InChI=1S/C16H16NO4.3C4H9.Sn/c1-2-3-4-5-8-17-15(18)11-6-9-20-13(11)14-12(16(17)19)7-10-21-14;3*1-3-4-2;/h6-7,9H,2-5,8H2,1H3;3*1,3-4H2,2H3;. The first-order valence-corrected chi connectivity index (χ1v) is 21.1. The summed E-state index contributed by atoms with van der Waals surface area (Å²) < 4.78 is 18.7. The van der Waals surface area contributed by atoms with Gasteiger partial charge in [-0.05, 0) is 0 Å². The Balaban J connectivity index is 2.22. The van der Waals surface area contributed by atoms with Crippen molar-refractivity contribution in [2.75, 3.05) is 0 Å². The third-order valence-corrected chi connectivity index (χ3v) is 22.2. The Hall–Kier alpha value is -1.50. The van der Waals surface area contributed by atoms with E-state index in [0.717, 1.165) is 29.5 Å². The number of unbranched alkanes of at least 4 members (excludes halogenated alkanes) is 6. The summed E-state index contributed by atoms with van der Waals surface area (Å²) in [5.41, 5.74) is 0.419. The van der Waals surface area contributed by atoms with E-state index in [9.17, 15) is 9.59 Å². The number of fused-ring (bicyclic) bond motifs is 3. The molecule has 0 fully saturated rings. The molecule has 0 amide bonds. The quantitative estimate of drug-likeness (QED) is 0.140. The molecule has 3 aromatic rings. The number of rotatable bonds is 15. The van der Waals surface area contributed by atoms with Crippen LogP contribution in [0.4, 0.5) is 0 Å².